The fraction of sp³-hybridized carbons (Fsp3) is 0.533. The fourth-order valence-electron chi connectivity index (χ4n) is 2.49. The van der Waals surface area contributed by atoms with E-state index in [9.17, 15) is 14.9 Å². The molecule has 1 aliphatic rings. The predicted octanol–water partition coefficient (Wildman–Crippen LogP) is 2.51. The van der Waals surface area contributed by atoms with E-state index in [0.29, 0.717) is 18.8 Å². The smallest absolute Gasteiger partial charge is 0.410 e. The summed E-state index contributed by atoms with van der Waals surface area (Å²) in [5.74, 6) is 0.324. The van der Waals surface area contributed by atoms with E-state index in [-0.39, 0.29) is 5.69 Å². The minimum atomic E-state index is -0.483. The van der Waals surface area contributed by atoms with Crippen molar-refractivity contribution in [3.8, 4) is 5.75 Å². The van der Waals surface area contributed by atoms with E-state index in [1.807, 2.05) is 0 Å². The standard InChI is InChI=1S/C15H21N3O4/c1-2-8-16-9-3-10-17(12-11-16)15(19)22-14-6-4-13(5-7-14)18(20)21/h4-7H,2-3,8-12H2,1H3. The van der Waals surface area contributed by atoms with Crippen LogP contribution in [-0.4, -0.2) is 53.5 Å². The molecule has 0 saturated carbocycles. The van der Waals surface area contributed by atoms with Crippen molar-refractivity contribution in [1.29, 1.82) is 0 Å². The van der Waals surface area contributed by atoms with Crippen LogP contribution >= 0.6 is 0 Å². The van der Waals surface area contributed by atoms with Gasteiger partial charge in [0.25, 0.3) is 5.69 Å². The second kappa shape index (κ2) is 7.74. The van der Waals surface area contributed by atoms with Crippen molar-refractivity contribution in [1.82, 2.24) is 9.80 Å². The molecule has 1 aliphatic heterocycles. The number of benzene rings is 1. The average molecular weight is 307 g/mol. The molecular formula is C15H21N3O4. The molecule has 1 amide bonds. The lowest BCUT2D eigenvalue weighted by molar-refractivity contribution is -0.384. The van der Waals surface area contributed by atoms with Crippen LogP contribution in [-0.2, 0) is 0 Å². The quantitative estimate of drug-likeness (QED) is 0.631. The third-order valence-corrected chi connectivity index (χ3v) is 3.64. The maximum Gasteiger partial charge on any atom is 0.415 e. The Morgan fingerprint density at radius 2 is 1.95 bits per heavy atom. The highest BCUT2D eigenvalue weighted by Crippen LogP contribution is 2.18. The van der Waals surface area contributed by atoms with Crippen LogP contribution in [0.15, 0.2) is 24.3 Å². The van der Waals surface area contributed by atoms with Gasteiger partial charge in [-0.1, -0.05) is 6.92 Å². The molecule has 7 nitrogen and oxygen atoms in total. The second-order valence-corrected chi connectivity index (χ2v) is 5.30. The lowest BCUT2D eigenvalue weighted by atomic mass is 10.3. The first kappa shape index (κ1) is 16.2. The molecule has 0 radical (unpaired) electrons. The van der Waals surface area contributed by atoms with Crippen LogP contribution in [0.25, 0.3) is 0 Å². The highest BCUT2D eigenvalue weighted by atomic mass is 16.6. The number of carbonyl (C=O) groups excluding carboxylic acids is 1. The minimum Gasteiger partial charge on any atom is -0.410 e. The van der Waals surface area contributed by atoms with Gasteiger partial charge in [-0.2, -0.15) is 0 Å². The molecule has 0 atom stereocenters. The highest BCUT2D eigenvalue weighted by Gasteiger charge is 2.20. The summed E-state index contributed by atoms with van der Waals surface area (Å²) in [6.45, 7) is 6.35. The van der Waals surface area contributed by atoms with Crippen molar-refractivity contribution < 1.29 is 14.5 Å². The SMILES string of the molecule is CCCN1CCCN(C(=O)Oc2ccc([N+](=O)[O-])cc2)CC1. The third-order valence-electron chi connectivity index (χ3n) is 3.64. The Kier molecular flexibility index (Phi) is 5.71. The zero-order valence-electron chi connectivity index (χ0n) is 12.7. The van der Waals surface area contributed by atoms with Crippen LogP contribution in [0.4, 0.5) is 10.5 Å². The molecule has 0 aliphatic carbocycles. The van der Waals surface area contributed by atoms with Gasteiger partial charge < -0.3 is 14.5 Å². The van der Waals surface area contributed by atoms with Crippen molar-refractivity contribution in [3.63, 3.8) is 0 Å². The number of nitro groups is 1. The van der Waals surface area contributed by atoms with Crippen molar-refractivity contribution in [2.45, 2.75) is 19.8 Å². The molecule has 1 aromatic rings. The van der Waals surface area contributed by atoms with Gasteiger partial charge in [-0.05, 0) is 38.1 Å². The van der Waals surface area contributed by atoms with E-state index in [1.165, 1.54) is 24.3 Å². The van der Waals surface area contributed by atoms with E-state index in [4.69, 9.17) is 4.74 Å². The number of nitro benzene ring substituents is 1. The molecule has 1 heterocycles. The van der Waals surface area contributed by atoms with Gasteiger partial charge >= 0.3 is 6.09 Å². The zero-order chi connectivity index (χ0) is 15.9. The van der Waals surface area contributed by atoms with Crippen molar-refractivity contribution >= 4 is 11.8 Å². The van der Waals surface area contributed by atoms with Gasteiger partial charge in [-0.15, -0.1) is 0 Å². The predicted molar refractivity (Wildman–Crippen MR) is 82.0 cm³/mol. The lowest BCUT2D eigenvalue weighted by Gasteiger charge is -2.21. The van der Waals surface area contributed by atoms with E-state index >= 15 is 0 Å². The molecule has 22 heavy (non-hydrogen) atoms. The van der Waals surface area contributed by atoms with E-state index < -0.39 is 11.0 Å². The maximum absolute atomic E-state index is 12.2. The average Bonchev–Trinajstić information content (AvgIpc) is 2.74. The van der Waals surface area contributed by atoms with Crippen molar-refractivity contribution in [2.75, 3.05) is 32.7 Å². The summed E-state index contributed by atoms with van der Waals surface area (Å²) in [5.41, 5.74) is -0.0234. The Hall–Kier alpha value is -2.15. The number of ether oxygens (including phenoxy) is 1. The van der Waals surface area contributed by atoms with Gasteiger partial charge in [0.05, 0.1) is 4.92 Å². The van der Waals surface area contributed by atoms with Crippen LogP contribution < -0.4 is 4.74 Å². The number of hydrogen-bond acceptors (Lipinski definition) is 5. The van der Waals surface area contributed by atoms with Gasteiger partial charge in [-0.25, -0.2) is 4.79 Å². The number of carbonyl (C=O) groups is 1. The molecule has 0 aromatic heterocycles. The molecule has 1 aromatic carbocycles. The Labute approximate surface area is 129 Å². The number of non-ortho nitro benzene ring substituents is 1. The summed E-state index contributed by atoms with van der Waals surface area (Å²) >= 11 is 0. The Balaban J connectivity index is 1.90. The molecule has 2 rings (SSSR count). The molecule has 0 N–H and O–H groups in total. The summed E-state index contributed by atoms with van der Waals surface area (Å²) in [6.07, 6.45) is 1.63. The van der Waals surface area contributed by atoms with E-state index in [2.05, 4.69) is 11.8 Å². The molecular weight excluding hydrogens is 286 g/mol. The van der Waals surface area contributed by atoms with Crippen LogP contribution in [0.2, 0.25) is 0 Å². The second-order valence-electron chi connectivity index (χ2n) is 5.30. The zero-order valence-corrected chi connectivity index (χ0v) is 12.7. The Morgan fingerprint density at radius 3 is 2.59 bits per heavy atom. The summed E-state index contributed by atoms with van der Waals surface area (Å²) in [4.78, 5) is 26.3. The molecule has 0 spiro atoms. The van der Waals surface area contributed by atoms with Gasteiger partial charge in [0, 0.05) is 31.8 Å². The maximum atomic E-state index is 12.2. The number of amides is 1. The number of hydrogen-bond donors (Lipinski definition) is 0. The van der Waals surface area contributed by atoms with Crippen LogP contribution in [0.5, 0.6) is 5.75 Å². The molecule has 120 valence electrons. The first-order chi connectivity index (χ1) is 10.6. The largest absolute Gasteiger partial charge is 0.415 e. The van der Waals surface area contributed by atoms with Gasteiger partial charge in [-0.3, -0.25) is 10.1 Å². The van der Waals surface area contributed by atoms with Gasteiger partial charge in [0.2, 0.25) is 0 Å². The number of nitrogens with zero attached hydrogens (tertiary/aromatic N) is 3. The third kappa shape index (κ3) is 4.42. The summed E-state index contributed by atoms with van der Waals surface area (Å²) < 4.78 is 5.29. The molecule has 1 saturated heterocycles. The van der Waals surface area contributed by atoms with E-state index in [0.717, 1.165) is 32.5 Å². The van der Waals surface area contributed by atoms with E-state index in [1.54, 1.807) is 4.90 Å². The van der Waals surface area contributed by atoms with Gasteiger partial charge in [0.15, 0.2) is 0 Å². The van der Waals surface area contributed by atoms with Crippen LogP contribution in [0.1, 0.15) is 19.8 Å². The molecule has 0 unspecified atom stereocenters. The fourth-order valence-corrected chi connectivity index (χ4v) is 2.49. The highest BCUT2D eigenvalue weighted by molar-refractivity contribution is 5.70. The van der Waals surface area contributed by atoms with Crippen LogP contribution in [0.3, 0.4) is 0 Å². The van der Waals surface area contributed by atoms with Crippen molar-refractivity contribution in [3.05, 3.63) is 34.4 Å². The summed E-state index contributed by atoms with van der Waals surface area (Å²) in [7, 11) is 0. The summed E-state index contributed by atoms with van der Waals surface area (Å²) in [5, 5.41) is 10.6. The monoisotopic (exact) mass is 307 g/mol. The van der Waals surface area contributed by atoms with Gasteiger partial charge in [0.1, 0.15) is 5.75 Å². The Bertz CT molecular complexity index is 518. The molecule has 0 bridgehead atoms. The van der Waals surface area contributed by atoms with Crippen LogP contribution in [0, 0.1) is 10.1 Å². The van der Waals surface area contributed by atoms with Crippen molar-refractivity contribution in [2.24, 2.45) is 0 Å². The number of rotatable bonds is 4. The summed E-state index contributed by atoms with van der Waals surface area (Å²) in [6, 6.07) is 5.54. The molecule has 1 fully saturated rings. The topological polar surface area (TPSA) is 75.9 Å². The first-order valence-corrected chi connectivity index (χ1v) is 7.53. The normalized spacial score (nSPS) is 16.1. The first-order valence-electron chi connectivity index (χ1n) is 7.53. The minimum absolute atomic E-state index is 0.0234. The Morgan fingerprint density at radius 1 is 1.23 bits per heavy atom. The lowest BCUT2D eigenvalue weighted by Crippen LogP contribution is -2.37. The molecule has 7 heteroatoms.